The van der Waals surface area contributed by atoms with Crippen LogP contribution in [-0.2, 0) is 0 Å². The van der Waals surface area contributed by atoms with E-state index < -0.39 is 5.97 Å². The average Bonchev–Trinajstić information content (AvgIpc) is 2.04. The van der Waals surface area contributed by atoms with E-state index in [1.54, 1.807) is 6.92 Å². The van der Waals surface area contributed by atoms with E-state index in [1.807, 2.05) is 0 Å². The molecule has 0 radical (unpaired) electrons. The van der Waals surface area contributed by atoms with Crippen LogP contribution in [0.25, 0.3) is 5.57 Å². The van der Waals surface area contributed by atoms with Gasteiger partial charge in [0.25, 0.3) is 0 Å². The number of hydrogen-bond donors (Lipinski definition) is 2. The number of hydrogen-bond acceptors (Lipinski definition) is 3. The molecule has 1 aromatic heterocycles. The van der Waals surface area contributed by atoms with Crippen LogP contribution in [0.4, 0.5) is 5.82 Å². The third kappa shape index (κ3) is 1.84. The van der Waals surface area contributed by atoms with Crippen LogP contribution in [0.3, 0.4) is 0 Å². The number of carbonyl (C=O) groups is 1. The summed E-state index contributed by atoms with van der Waals surface area (Å²) in [7, 11) is 0. The molecule has 1 heterocycles. The number of nitrogen functional groups attached to an aromatic ring is 1. The molecule has 0 aliphatic heterocycles. The minimum absolute atomic E-state index is 0.0144. The van der Waals surface area contributed by atoms with Crippen molar-refractivity contribution in [2.75, 3.05) is 5.73 Å². The van der Waals surface area contributed by atoms with Gasteiger partial charge >= 0.3 is 5.97 Å². The van der Waals surface area contributed by atoms with Gasteiger partial charge in [-0.3, -0.25) is 0 Å². The summed E-state index contributed by atoms with van der Waals surface area (Å²) in [6, 6.07) is 1.47. The van der Waals surface area contributed by atoms with Gasteiger partial charge in [0.2, 0.25) is 0 Å². The van der Waals surface area contributed by atoms with Gasteiger partial charge in [0, 0.05) is 6.20 Å². The second-order valence-electron chi connectivity index (χ2n) is 2.74. The van der Waals surface area contributed by atoms with Crippen molar-refractivity contribution in [1.29, 1.82) is 0 Å². The molecule has 0 aliphatic carbocycles. The molecular formula is C9H10N2O2. The number of nitrogens with zero attached hydrogens (tertiary/aromatic N) is 1. The Morgan fingerprint density at radius 1 is 1.69 bits per heavy atom. The summed E-state index contributed by atoms with van der Waals surface area (Å²) < 4.78 is 0. The van der Waals surface area contributed by atoms with Gasteiger partial charge in [-0.05, 0) is 24.1 Å². The van der Waals surface area contributed by atoms with Gasteiger partial charge in [0.1, 0.15) is 11.4 Å². The van der Waals surface area contributed by atoms with Crippen LogP contribution in [0.2, 0.25) is 0 Å². The maximum absolute atomic E-state index is 10.6. The van der Waals surface area contributed by atoms with Crippen molar-refractivity contribution in [3.8, 4) is 0 Å². The Balaban J connectivity index is 3.27. The third-order valence-corrected chi connectivity index (χ3v) is 1.64. The summed E-state index contributed by atoms with van der Waals surface area (Å²) in [6.07, 6.45) is 1.50. The second-order valence-corrected chi connectivity index (χ2v) is 2.74. The summed E-state index contributed by atoms with van der Waals surface area (Å²) in [4.78, 5) is 14.4. The van der Waals surface area contributed by atoms with Crippen LogP contribution in [-0.4, -0.2) is 16.1 Å². The van der Waals surface area contributed by atoms with Crippen LogP contribution >= 0.6 is 0 Å². The van der Waals surface area contributed by atoms with E-state index in [9.17, 15) is 4.79 Å². The Morgan fingerprint density at radius 2 is 2.31 bits per heavy atom. The SMILES string of the molecule is C=C(C)c1cnc(N)c(C(=O)O)c1. The number of pyridine rings is 1. The monoisotopic (exact) mass is 178 g/mol. The minimum atomic E-state index is -1.08. The summed E-state index contributed by atoms with van der Waals surface area (Å²) >= 11 is 0. The number of rotatable bonds is 2. The second kappa shape index (κ2) is 3.26. The lowest BCUT2D eigenvalue weighted by Gasteiger charge is -2.03. The molecular weight excluding hydrogens is 168 g/mol. The molecule has 0 saturated carbocycles. The maximum Gasteiger partial charge on any atom is 0.339 e. The summed E-state index contributed by atoms with van der Waals surface area (Å²) in [5.41, 5.74) is 6.83. The highest BCUT2D eigenvalue weighted by Crippen LogP contribution is 2.15. The Kier molecular flexibility index (Phi) is 2.32. The molecule has 1 aromatic rings. The van der Waals surface area contributed by atoms with E-state index in [1.165, 1.54) is 12.3 Å². The lowest BCUT2D eigenvalue weighted by molar-refractivity contribution is 0.0697. The molecule has 3 N–H and O–H groups in total. The Hall–Kier alpha value is -1.84. The molecule has 0 aromatic carbocycles. The van der Waals surface area contributed by atoms with Crippen LogP contribution in [0.15, 0.2) is 18.8 Å². The van der Waals surface area contributed by atoms with Gasteiger partial charge in [-0.15, -0.1) is 0 Å². The molecule has 0 atom stereocenters. The van der Waals surface area contributed by atoms with Gasteiger partial charge < -0.3 is 10.8 Å². The molecule has 68 valence electrons. The van der Waals surface area contributed by atoms with Crippen molar-refractivity contribution in [1.82, 2.24) is 4.98 Å². The minimum Gasteiger partial charge on any atom is -0.478 e. The number of nitrogens with two attached hydrogens (primary N) is 1. The zero-order chi connectivity index (χ0) is 10.0. The van der Waals surface area contributed by atoms with Gasteiger partial charge in [-0.25, -0.2) is 9.78 Å². The van der Waals surface area contributed by atoms with Crippen molar-refractivity contribution in [3.63, 3.8) is 0 Å². The molecule has 0 spiro atoms. The predicted octanol–water partition coefficient (Wildman–Crippen LogP) is 1.40. The first-order valence-electron chi connectivity index (χ1n) is 3.67. The van der Waals surface area contributed by atoms with Crippen molar-refractivity contribution in [2.24, 2.45) is 0 Å². The highest BCUT2D eigenvalue weighted by molar-refractivity contribution is 5.93. The highest BCUT2D eigenvalue weighted by Gasteiger charge is 2.09. The summed E-state index contributed by atoms with van der Waals surface area (Å²) in [6.45, 7) is 5.46. The number of allylic oxidation sites excluding steroid dienone is 1. The molecule has 1 rings (SSSR count). The quantitative estimate of drug-likeness (QED) is 0.717. The average molecular weight is 178 g/mol. The number of carboxylic acid groups (broad SMARTS) is 1. The van der Waals surface area contributed by atoms with E-state index >= 15 is 0 Å². The van der Waals surface area contributed by atoms with Crippen molar-refractivity contribution < 1.29 is 9.90 Å². The van der Waals surface area contributed by atoms with E-state index in [0.717, 1.165) is 5.57 Å². The fraction of sp³-hybridized carbons (Fsp3) is 0.111. The Labute approximate surface area is 75.7 Å². The first-order chi connectivity index (χ1) is 6.02. The molecule has 0 saturated heterocycles. The fourth-order valence-electron chi connectivity index (χ4n) is 0.880. The van der Waals surface area contributed by atoms with Crippen LogP contribution < -0.4 is 5.73 Å². The molecule has 13 heavy (non-hydrogen) atoms. The lowest BCUT2D eigenvalue weighted by Crippen LogP contribution is -2.05. The van der Waals surface area contributed by atoms with Crippen molar-refractivity contribution in [3.05, 3.63) is 30.0 Å². The topological polar surface area (TPSA) is 76.2 Å². The van der Waals surface area contributed by atoms with Gasteiger partial charge in [0.15, 0.2) is 0 Å². The van der Waals surface area contributed by atoms with Gasteiger partial charge in [0.05, 0.1) is 0 Å². The molecule has 4 nitrogen and oxygen atoms in total. The Morgan fingerprint density at radius 3 is 2.77 bits per heavy atom. The predicted molar refractivity (Wildman–Crippen MR) is 50.3 cm³/mol. The van der Waals surface area contributed by atoms with E-state index in [2.05, 4.69) is 11.6 Å². The highest BCUT2D eigenvalue weighted by atomic mass is 16.4. The van der Waals surface area contributed by atoms with Crippen molar-refractivity contribution >= 4 is 17.4 Å². The molecule has 0 aliphatic rings. The lowest BCUT2D eigenvalue weighted by atomic mass is 10.1. The van der Waals surface area contributed by atoms with E-state index in [0.29, 0.717) is 5.56 Å². The first-order valence-corrected chi connectivity index (χ1v) is 3.67. The van der Waals surface area contributed by atoms with Crippen LogP contribution in [0.1, 0.15) is 22.8 Å². The van der Waals surface area contributed by atoms with E-state index in [-0.39, 0.29) is 11.4 Å². The fourth-order valence-corrected chi connectivity index (χ4v) is 0.880. The maximum atomic E-state index is 10.6. The summed E-state index contributed by atoms with van der Waals surface area (Å²) in [5, 5.41) is 8.72. The third-order valence-electron chi connectivity index (χ3n) is 1.64. The van der Waals surface area contributed by atoms with Crippen LogP contribution in [0.5, 0.6) is 0 Å². The number of anilines is 1. The number of aromatic carboxylic acids is 1. The Bertz CT molecular complexity index is 372. The molecule has 0 amide bonds. The van der Waals surface area contributed by atoms with Crippen molar-refractivity contribution in [2.45, 2.75) is 6.92 Å². The van der Waals surface area contributed by atoms with Gasteiger partial charge in [-0.1, -0.05) is 6.58 Å². The first kappa shape index (κ1) is 9.25. The standard InChI is InChI=1S/C9H10N2O2/c1-5(2)6-3-7(9(12)13)8(10)11-4-6/h3-4H,1H2,2H3,(H2,10,11)(H,12,13). The molecule has 0 fully saturated rings. The largest absolute Gasteiger partial charge is 0.478 e. The van der Waals surface area contributed by atoms with Crippen LogP contribution in [0, 0.1) is 0 Å². The number of carboxylic acids is 1. The molecule has 0 bridgehead atoms. The normalized spacial score (nSPS) is 9.62. The zero-order valence-electron chi connectivity index (χ0n) is 7.24. The smallest absolute Gasteiger partial charge is 0.339 e. The zero-order valence-corrected chi connectivity index (χ0v) is 7.24. The van der Waals surface area contributed by atoms with E-state index in [4.69, 9.17) is 10.8 Å². The molecule has 4 heteroatoms. The molecule has 0 unspecified atom stereocenters. The van der Waals surface area contributed by atoms with Gasteiger partial charge in [-0.2, -0.15) is 0 Å². The summed E-state index contributed by atoms with van der Waals surface area (Å²) in [5.74, 6) is -1.05. The number of aromatic nitrogens is 1.